The van der Waals surface area contributed by atoms with E-state index in [1.54, 1.807) is 35.0 Å². The van der Waals surface area contributed by atoms with Gasteiger partial charge in [-0.25, -0.2) is 5.43 Å². The molecule has 0 fully saturated rings. The van der Waals surface area contributed by atoms with Crippen molar-refractivity contribution in [2.45, 2.75) is 6.92 Å². The van der Waals surface area contributed by atoms with Crippen LogP contribution < -0.4 is 5.43 Å². The lowest BCUT2D eigenvalue weighted by molar-refractivity contribution is -0.384. The minimum atomic E-state index is -0.447. The first kappa shape index (κ1) is 17.0. The zero-order chi connectivity index (χ0) is 18.5. The molecule has 0 aliphatic carbocycles. The fourth-order valence-corrected chi connectivity index (χ4v) is 2.29. The van der Waals surface area contributed by atoms with Crippen LogP contribution in [-0.2, 0) is 0 Å². The van der Waals surface area contributed by atoms with Crippen LogP contribution in [-0.4, -0.2) is 26.6 Å². The van der Waals surface area contributed by atoms with E-state index < -0.39 is 4.92 Å². The Morgan fingerprint density at radius 3 is 2.65 bits per heavy atom. The Morgan fingerprint density at radius 2 is 2.00 bits per heavy atom. The highest BCUT2D eigenvalue weighted by Gasteiger charge is 2.07. The molecule has 2 heterocycles. The fraction of sp³-hybridized carbons (Fsp3) is 0.0556. The van der Waals surface area contributed by atoms with Crippen LogP contribution in [0.1, 0.15) is 21.7 Å². The van der Waals surface area contributed by atoms with Crippen molar-refractivity contribution in [1.29, 1.82) is 0 Å². The van der Waals surface area contributed by atoms with Crippen LogP contribution in [0.15, 0.2) is 66.0 Å². The molecule has 0 bridgehead atoms. The fourth-order valence-electron chi connectivity index (χ4n) is 2.29. The maximum atomic E-state index is 12.0. The van der Waals surface area contributed by atoms with E-state index in [1.807, 2.05) is 19.1 Å². The van der Waals surface area contributed by atoms with E-state index in [1.165, 1.54) is 24.5 Å². The maximum Gasteiger partial charge on any atom is 0.272 e. The highest BCUT2D eigenvalue weighted by Crippen LogP contribution is 2.16. The second-order valence-corrected chi connectivity index (χ2v) is 5.46. The van der Waals surface area contributed by atoms with Gasteiger partial charge in [-0.05, 0) is 43.3 Å². The van der Waals surface area contributed by atoms with Gasteiger partial charge in [0, 0.05) is 35.9 Å². The van der Waals surface area contributed by atoms with Crippen LogP contribution in [0.3, 0.4) is 0 Å². The number of carbonyl (C=O) groups excluding carboxylic acids is 1. The molecule has 0 atom stereocenters. The number of pyridine rings is 1. The molecule has 26 heavy (non-hydrogen) atoms. The number of nitrogens with zero attached hydrogens (tertiary/aromatic N) is 4. The number of amides is 1. The molecule has 1 amide bonds. The van der Waals surface area contributed by atoms with E-state index in [4.69, 9.17) is 0 Å². The van der Waals surface area contributed by atoms with Crippen molar-refractivity contribution in [3.63, 3.8) is 0 Å². The van der Waals surface area contributed by atoms with Gasteiger partial charge >= 0.3 is 0 Å². The van der Waals surface area contributed by atoms with Crippen molar-refractivity contribution in [3.05, 3.63) is 88.0 Å². The largest absolute Gasteiger partial charge is 0.316 e. The lowest BCUT2D eigenvalue weighted by Crippen LogP contribution is -2.18. The first-order chi connectivity index (χ1) is 12.5. The monoisotopic (exact) mass is 349 g/mol. The third-order valence-electron chi connectivity index (χ3n) is 3.66. The van der Waals surface area contributed by atoms with Crippen molar-refractivity contribution >= 4 is 17.8 Å². The van der Waals surface area contributed by atoms with Gasteiger partial charge in [0.15, 0.2) is 0 Å². The van der Waals surface area contributed by atoms with Gasteiger partial charge in [-0.2, -0.15) is 5.10 Å². The number of hydrogen-bond acceptors (Lipinski definition) is 5. The molecule has 2 aromatic heterocycles. The van der Waals surface area contributed by atoms with Crippen molar-refractivity contribution in [3.8, 4) is 5.69 Å². The smallest absolute Gasteiger partial charge is 0.272 e. The summed E-state index contributed by atoms with van der Waals surface area (Å²) in [5.41, 5.74) is 5.17. The zero-order valence-corrected chi connectivity index (χ0v) is 13.9. The van der Waals surface area contributed by atoms with Crippen LogP contribution in [0, 0.1) is 17.0 Å². The Kier molecular flexibility index (Phi) is 4.84. The van der Waals surface area contributed by atoms with Gasteiger partial charge in [0.05, 0.1) is 22.4 Å². The van der Waals surface area contributed by atoms with Crippen LogP contribution in [0.5, 0.6) is 0 Å². The van der Waals surface area contributed by atoms with E-state index in [9.17, 15) is 14.9 Å². The van der Waals surface area contributed by atoms with E-state index >= 15 is 0 Å². The lowest BCUT2D eigenvalue weighted by Gasteiger charge is -2.06. The van der Waals surface area contributed by atoms with Crippen LogP contribution in [0.4, 0.5) is 5.69 Å². The highest BCUT2D eigenvalue weighted by atomic mass is 16.6. The average Bonchev–Trinajstić information content (AvgIpc) is 3.10. The van der Waals surface area contributed by atoms with Gasteiger partial charge in [-0.1, -0.05) is 0 Å². The molecule has 3 rings (SSSR count). The van der Waals surface area contributed by atoms with E-state index in [-0.39, 0.29) is 11.6 Å². The molecular weight excluding hydrogens is 334 g/mol. The van der Waals surface area contributed by atoms with E-state index in [0.717, 1.165) is 11.4 Å². The Morgan fingerprint density at radius 1 is 1.23 bits per heavy atom. The number of carbonyl (C=O) groups is 1. The Labute approximate surface area is 149 Å². The minimum absolute atomic E-state index is 0.0232. The summed E-state index contributed by atoms with van der Waals surface area (Å²) >= 11 is 0. The quantitative estimate of drug-likeness (QED) is 0.434. The summed E-state index contributed by atoms with van der Waals surface area (Å²) in [7, 11) is 0. The predicted octanol–water partition coefficient (Wildman–Crippen LogP) is 2.85. The van der Waals surface area contributed by atoms with Crippen molar-refractivity contribution in [2.75, 3.05) is 0 Å². The normalized spacial score (nSPS) is 10.8. The molecule has 1 aromatic carbocycles. The summed E-state index contributed by atoms with van der Waals surface area (Å²) in [6, 6.07) is 13.2. The third kappa shape index (κ3) is 3.81. The minimum Gasteiger partial charge on any atom is -0.316 e. The number of aromatic nitrogens is 2. The number of hydrogen-bond donors (Lipinski definition) is 1. The Hall–Kier alpha value is -3.81. The molecular formula is C18H15N5O3. The van der Waals surface area contributed by atoms with Gasteiger partial charge in [-0.15, -0.1) is 0 Å². The second kappa shape index (κ2) is 7.39. The van der Waals surface area contributed by atoms with Crippen LogP contribution in [0.25, 0.3) is 5.69 Å². The molecule has 0 unspecified atom stereocenters. The number of hydrazone groups is 1. The number of nitrogens with one attached hydrogen (secondary N) is 1. The Bertz CT molecular complexity index is 959. The molecule has 3 aromatic rings. The molecule has 0 aliphatic heterocycles. The van der Waals surface area contributed by atoms with E-state index in [2.05, 4.69) is 15.5 Å². The first-order valence-electron chi connectivity index (χ1n) is 7.73. The summed E-state index contributed by atoms with van der Waals surface area (Å²) in [6.07, 6.45) is 4.79. The highest BCUT2D eigenvalue weighted by molar-refractivity contribution is 5.94. The summed E-state index contributed by atoms with van der Waals surface area (Å²) in [5.74, 6) is -0.359. The molecule has 8 nitrogen and oxygen atoms in total. The zero-order valence-electron chi connectivity index (χ0n) is 13.9. The van der Waals surface area contributed by atoms with Gasteiger partial charge in [0.25, 0.3) is 11.6 Å². The van der Waals surface area contributed by atoms with Crippen molar-refractivity contribution < 1.29 is 9.72 Å². The standard InChI is InChI=1S/C18H15N5O3/c1-13-4-5-14(11-19-13)18(24)21-20-12-17-3-2-10-22(17)15-6-8-16(9-7-15)23(25)26/h2-12H,1H3,(H,21,24). The number of nitro benzene ring substituents is 1. The predicted molar refractivity (Wildman–Crippen MR) is 96.5 cm³/mol. The number of rotatable bonds is 5. The van der Waals surface area contributed by atoms with Crippen molar-refractivity contribution in [1.82, 2.24) is 15.0 Å². The van der Waals surface area contributed by atoms with Gasteiger partial charge in [0.1, 0.15) is 0 Å². The first-order valence-corrected chi connectivity index (χ1v) is 7.73. The third-order valence-corrected chi connectivity index (χ3v) is 3.66. The molecule has 0 saturated carbocycles. The summed E-state index contributed by atoms with van der Waals surface area (Å²) in [6.45, 7) is 1.84. The van der Waals surface area contributed by atoms with Gasteiger partial charge in [0.2, 0.25) is 0 Å². The molecule has 1 N–H and O–H groups in total. The van der Waals surface area contributed by atoms with E-state index in [0.29, 0.717) is 11.3 Å². The van der Waals surface area contributed by atoms with Gasteiger partial charge in [-0.3, -0.25) is 19.9 Å². The topological polar surface area (TPSA) is 102 Å². The molecule has 0 aliphatic rings. The Balaban J connectivity index is 1.72. The van der Waals surface area contributed by atoms with Crippen molar-refractivity contribution in [2.24, 2.45) is 5.10 Å². The number of aryl methyl sites for hydroxylation is 1. The summed E-state index contributed by atoms with van der Waals surface area (Å²) in [5, 5.41) is 14.7. The molecule has 0 spiro atoms. The summed E-state index contributed by atoms with van der Waals surface area (Å²) < 4.78 is 1.80. The van der Waals surface area contributed by atoms with Gasteiger partial charge < -0.3 is 4.57 Å². The number of non-ortho nitro benzene ring substituents is 1. The lowest BCUT2D eigenvalue weighted by atomic mass is 10.2. The molecule has 130 valence electrons. The number of benzene rings is 1. The average molecular weight is 349 g/mol. The number of nitro groups is 1. The summed E-state index contributed by atoms with van der Waals surface area (Å²) in [4.78, 5) is 26.4. The second-order valence-electron chi connectivity index (χ2n) is 5.46. The maximum absolute atomic E-state index is 12.0. The molecule has 0 radical (unpaired) electrons. The molecule has 8 heteroatoms. The molecule has 0 saturated heterocycles. The van der Waals surface area contributed by atoms with Crippen LogP contribution >= 0.6 is 0 Å². The van der Waals surface area contributed by atoms with Crippen LogP contribution in [0.2, 0.25) is 0 Å². The SMILES string of the molecule is Cc1ccc(C(=O)NN=Cc2cccn2-c2ccc([N+](=O)[O-])cc2)cn1.